The number of ether oxygens (including phenoxy) is 1. The van der Waals surface area contributed by atoms with Crippen molar-refractivity contribution >= 4 is 17.3 Å². The summed E-state index contributed by atoms with van der Waals surface area (Å²) in [7, 11) is 2.07. The van der Waals surface area contributed by atoms with Crippen LogP contribution in [0.5, 0.6) is 0 Å². The molecular formula is C13H21N3O2S. The smallest absolute Gasteiger partial charge is 0.367 e. The molecule has 2 rings (SSSR count). The standard InChI is InChI=1S/C13H21N3O2S/c1-3-18-13(17)12-15-10(8-19-12)7-16(2)11(6-14)9-4-5-9/h8-9,11H,3-7,14H2,1-2H3. The van der Waals surface area contributed by atoms with Crippen molar-refractivity contribution in [1.82, 2.24) is 9.88 Å². The Balaban J connectivity index is 1.93. The molecule has 0 aliphatic heterocycles. The molecule has 1 saturated carbocycles. The lowest BCUT2D eigenvalue weighted by Gasteiger charge is -2.26. The van der Waals surface area contributed by atoms with Crippen molar-refractivity contribution in [3.05, 3.63) is 16.1 Å². The Hall–Kier alpha value is -0.980. The zero-order valence-corrected chi connectivity index (χ0v) is 12.3. The molecule has 1 atom stereocenters. The van der Waals surface area contributed by atoms with Crippen LogP contribution in [0.4, 0.5) is 0 Å². The van der Waals surface area contributed by atoms with Gasteiger partial charge in [0.2, 0.25) is 5.01 Å². The van der Waals surface area contributed by atoms with E-state index in [4.69, 9.17) is 10.5 Å². The lowest BCUT2D eigenvalue weighted by molar-refractivity contribution is 0.0525. The highest BCUT2D eigenvalue weighted by Crippen LogP contribution is 2.34. The minimum Gasteiger partial charge on any atom is -0.461 e. The third kappa shape index (κ3) is 3.75. The lowest BCUT2D eigenvalue weighted by atomic mass is 10.1. The fraction of sp³-hybridized carbons (Fsp3) is 0.692. The molecule has 0 saturated heterocycles. The summed E-state index contributed by atoms with van der Waals surface area (Å²) >= 11 is 1.34. The molecule has 0 bridgehead atoms. The molecule has 0 radical (unpaired) electrons. The number of carbonyl (C=O) groups is 1. The predicted octanol–water partition coefficient (Wildman–Crippen LogP) is 1.49. The Kier molecular flexibility index (Phi) is 4.90. The zero-order chi connectivity index (χ0) is 13.8. The molecule has 19 heavy (non-hydrogen) atoms. The van der Waals surface area contributed by atoms with Crippen molar-refractivity contribution in [2.75, 3.05) is 20.2 Å². The minimum atomic E-state index is -0.334. The summed E-state index contributed by atoms with van der Waals surface area (Å²) in [4.78, 5) is 18.1. The van der Waals surface area contributed by atoms with E-state index in [1.54, 1.807) is 6.92 Å². The highest BCUT2D eigenvalue weighted by atomic mass is 32.1. The zero-order valence-electron chi connectivity index (χ0n) is 11.5. The number of nitrogens with zero attached hydrogens (tertiary/aromatic N) is 2. The van der Waals surface area contributed by atoms with E-state index in [0.717, 1.165) is 18.2 Å². The highest BCUT2D eigenvalue weighted by Gasteiger charge is 2.33. The summed E-state index contributed by atoms with van der Waals surface area (Å²) in [5, 5.41) is 2.35. The first-order chi connectivity index (χ1) is 9.15. The molecule has 1 aliphatic carbocycles. The summed E-state index contributed by atoms with van der Waals surface area (Å²) in [5.41, 5.74) is 6.74. The molecule has 106 valence electrons. The number of aromatic nitrogens is 1. The van der Waals surface area contributed by atoms with Crippen LogP contribution in [0.15, 0.2) is 5.38 Å². The molecule has 2 N–H and O–H groups in total. The minimum absolute atomic E-state index is 0.334. The lowest BCUT2D eigenvalue weighted by Crippen LogP contribution is -2.39. The fourth-order valence-electron chi connectivity index (χ4n) is 2.25. The molecule has 6 heteroatoms. The Morgan fingerprint density at radius 1 is 1.68 bits per heavy atom. The van der Waals surface area contributed by atoms with E-state index in [0.29, 0.717) is 24.2 Å². The van der Waals surface area contributed by atoms with E-state index < -0.39 is 0 Å². The van der Waals surface area contributed by atoms with Gasteiger partial charge in [0.15, 0.2) is 0 Å². The number of nitrogens with two attached hydrogens (primary N) is 1. The van der Waals surface area contributed by atoms with Gasteiger partial charge in [-0.1, -0.05) is 0 Å². The number of hydrogen-bond donors (Lipinski definition) is 1. The Morgan fingerprint density at radius 2 is 2.42 bits per heavy atom. The van der Waals surface area contributed by atoms with Gasteiger partial charge in [-0.3, -0.25) is 4.90 Å². The van der Waals surface area contributed by atoms with Crippen molar-refractivity contribution in [3.63, 3.8) is 0 Å². The number of esters is 1. The van der Waals surface area contributed by atoms with E-state index >= 15 is 0 Å². The van der Waals surface area contributed by atoms with E-state index in [-0.39, 0.29) is 5.97 Å². The van der Waals surface area contributed by atoms with Gasteiger partial charge in [-0.15, -0.1) is 11.3 Å². The first-order valence-electron chi connectivity index (χ1n) is 6.67. The molecule has 0 spiro atoms. The van der Waals surface area contributed by atoms with Crippen LogP contribution in [0.2, 0.25) is 0 Å². The highest BCUT2D eigenvalue weighted by molar-refractivity contribution is 7.11. The molecule has 1 fully saturated rings. The van der Waals surface area contributed by atoms with Gasteiger partial charge < -0.3 is 10.5 Å². The van der Waals surface area contributed by atoms with Crippen molar-refractivity contribution in [2.45, 2.75) is 32.4 Å². The van der Waals surface area contributed by atoms with Gasteiger partial charge >= 0.3 is 5.97 Å². The number of likely N-dealkylation sites (N-methyl/N-ethyl adjacent to an activating group) is 1. The molecule has 0 aromatic carbocycles. The Morgan fingerprint density at radius 3 is 3.00 bits per heavy atom. The van der Waals surface area contributed by atoms with Crippen molar-refractivity contribution < 1.29 is 9.53 Å². The van der Waals surface area contributed by atoms with Gasteiger partial charge in [0.25, 0.3) is 0 Å². The molecule has 1 aromatic heterocycles. The predicted molar refractivity (Wildman–Crippen MR) is 75.1 cm³/mol. The van der Waals surface area contributed by atoms with Gasteiger partial charge in [-0.2, -0.15) is 0 Å². The van der Waals surface area contributed by atoms with Crippen molar-refractivity contribution in [1.29, 1.82) is 0 Å². The van der Waals surface area contributed by atoms with E-state index in [1.165, 1.54) is 24.2 Å². The Bertz CT molecular complexity index is 431. The second-order valence-corrected chi connectivity index (χ2v) is 5.78. The summed E-state index contributed by atoms with van der Waals surface area (Å²) in [6.07, 6.45) is 2.55. The van der Waals surface area contributed by atoms with Crippen LogP contribution in [0.3, 0.4) is 0 Å². The maximum atomic E-state index is 11.5. The molecule has 1 unspecified atom stereocenters. The first kappa shape index (κ1) is 14.4. The van der Waals surface area contributed by atoms with Gasteiger partial charge in [0.1, 0.15) is 0 Å². The summed E-state index contributed by atoms with van der Waals surface area (Å²) in [6, 6.07) is 0.424. The first-order valence-corrected chi connectivity index (χ1v) is 7.55. The number of rotatable bonds is 7. The van der Waals surface area contributed by atoms with E-state index in [2.05, 4.69) is 16.9 Å². The van der Waals surface area contributed by atoms with E-state index in [1.807, 2.05) is 5.38 Å². The van der Waals surface area contributed by atoms with Gasteiger partial charge in [0, 0.05) is 24.5 Å². The number of hydrogen-bond acceptors (Lipinski definition) is 6. The van der Waals surface area contributed by atoms with Crippen LogP contribution in [-0.4, -0.2) is 42.1 Å². The maximum Gasteiger partial charge on any atom is 0.367 e. The molecule has 0 amide bonds. The van der Waals surface area contributed by atoms with Crippen LogP contribution < -0.4 is 5.73 Å². The van der Waals surface area contributed by atoms with Gasteiger partial charge in [0.05, 0.1) is 12.3 Å². The second-order valence-electron chi connectivity index (χ2n) is 4.92. The number of carbonyl (C=O) groups excluding carboxylic acids is 1. The van der Waals surface area contributed by atoms with E-state index in [9.17, 15) is 4.79 Å². The van der Waals surface area contributed by atoms with Crippen LogP contribution in [0, 0.1) is 5.92 Å². The van der Waals surface area contributed by atoms with Crippen molar-refractivity contribution in [2.24, 2.45) is 11.7 Å². The SMILES string of the molecule is CCOC(=O)c1nc(CN(C)C(CN)C2CC2)cs1. The largest absolute Gasteiger partial charge is 0.461 e. The quantitative estimate of drug-likeness (QED) is 0.768. The molecule has 1 heterocycles. The monoisotopic (exact) mass is 283 g/mol. The molecule has 5 nitrogen and oxygen atoms in total. The Labute approximate surface area is 117 Å². The van der Waals surface area contributed by atoms with Crippen LogP contribution in [-0.2, 0) is 11.3 Å². The molecule has 1 aromatic rings. The number of thiazole rings is 1. The third-order valence-corrected chi connectivity index (χ3v) is 4.26. The maximum absolute atomic E-state index is 11.5. The van der Waals surface area contributed by atoms with Crippen molar-refractivity contribution in [3.8, 4) is 0 Å². The third-order valence-electron chi connectivity index (χ3n) is 3.39. The van der Waals surface area contributed by atoms with Crippen LogP contribution in [0.1, 0.15) is 35.3 Å². The summed E-state index contributed by atoms with van der Waals surface area (Å²) < 4.78 is 4.94. The molecule has 1 aliphatic rings. The topological polar surface area (TPSA) is 68.5 Å². The fourth-order valence-corrected chi connectivity index (χ4v) is 2.95. The summed E-state index contributed by atoms with van der Waals surface area (Å²) in [6.45, 7) is 3.58. The molecular weight excluding hydrogens is 262 g/mol. The van der Waals surface area contributed by atoms with Crippen LogP contribution in [0.25, 0.3) is 0 Å². The van der Waals surface area contributed by atoms with Gasteiger partial charge in [-0.05, 0) is 32.7 Å². The van der Waals surface area contributed by atoms with Crippen LogP contribution >= 0.6 is 11.3 Å². The normalized spacial score (nSPS) is 16.6. The average Bonchev–Trinajstić information content (AvgIpc) is 3.09. The summed E-state index contributed by atoms with van der Waals surface area (Å²) in [5.74, 6) is 0.400. The second kappa shape index (κ2) is 6.45. The average molecular weight is 283 g/mol. The van der Waals surface area contributed by atoms with Gasteiger partial charge in [-0.25, -0.2) is 9.78 Å².